The second kappa shape index (κ2) is 9.47. The molecule has 9 heteroatoms. The number of amides is 1. The summed E-state index contributed by atoms with van der Waals surface area (Å²) in [7, 11) is 3.41. The number of thiazole rings is 1. The van der Waals surface area contributed by atoms with Crippen molar-refractivity contribution in [1.82, 2.24) is 9.88 Å². The van der Waals surface area contributed by atoms with Gasteiger partial charge in [0.1, 0.15) is 6.54 Å². The van der Waals surface area contributed by atoms with Crippen LogP contribution in [0.3, 0.4) is 0 Å². The summed E-state index contributed by atoms with van der Waals surface area (Å²) < 4.78 is 0. The van der Waals surface area contributed by atoms with Gasteiger partial charge in [0.15, 0.2) is 5.13 Å². The Morgan fingerprint density at radius 3 is 2.40 bits per heavy atom. The molecule has 0 unspecified atom stereocenters. The quantitative estimate of drug-likeness (QED) is 0.538. The van der Waals surface area contributed by atoms with E-state index in [4.69, 9.17) is 28.3 Å². The lowest BCUT2D eigenvalue weighted by atomic mass is 10.1. The van der Waals surface area contributed by atoms with Gasteiger partial charge in [0.05, 0.1) is 15.7 Å². The number of anilines is 1. The zero-order valence-corrected chi connectivity index (χ0v) is 18.6. The molecule has 30 heavy (non-hydrogen) atoms. The van der Waals surface area contributed by atoms with Gasteiger partial charge in [-0.15, -0.1) is 11.3 Å². The molecule has 0 fully saturated rings. The number of carbonyl (C=O) groups is 2. The standard InChI is InChI=1S/C21H19Cl2N3O3S/c1-25(11-19(27)28)20(29)14-5-3-13(4-6-14)10-26(2)21-24-18(12-30-21)15-7-8-16(22)17(23)9-15/h3-9,12H,10-11H2,1-2H3,(H,27,28). The molecule has 1 amide bonds. The summed E-state index contributed by atoms with van der Waals surface area (Å²) in [5.74, 6) is -1.38. The van der Waals surface area contributed by atoms with Gasteiger partial charge in [0, 0.05) is 37.1 Å². The van der Waals surface area contributed by atoms with Crippen molar-refractivity contribution in [3.05, 3.63) is 69.0 Å². The highest BCUT2D eigenvalue weighted by Gasteiger charge is 2.15. The summed E-state index contributed by atoms with van der Waals surface area (Å²) in [5.41, 5.74) is 3.17. The van der Waals surface area contributed by atoms with Crippen molar-refractivity contribution in [2.75, 3.05) is 25.5 Å². The summed E-state index contributed by atoms with van der Waals surface area (Å²) in [6.45, 7) is 0.266. The predicted octanol–water partition coefficient (Wildman–Crippen LogP) is 4.91. The minimum Gasteiger partial charge on any atom is -0.480 e. The average molecular weight is 464 g/mol. The van der Waals surface area contributed by atoms with Crippen LogP contribution in [-0.4, -0.2) is 47.5 Å². The van der Waals surface area contributed by atoms with Gasteiger partial charge in [-0.1, -0.05) is 41.4 Å². The molecule has 0 spiro atoms. The van der Waals surface area contributed by atoms with Crippen LogP contribution in [-0.2, 0) is 11.3 Å². The number of halogens is 2. The summed E-state index contributed by atoms with van der Waals surface area (Å²) >= 11 is 13.6. The molecule has 0 bridgehead atoms. The summed E-state index contributed by atoms with van der Waals surface area (Å²) in [6.07, 6.45) is 0. The first-order valence-electron chi connectivity index (χ1n) is 8.93. The van der Waals surface area contributed by atoms with Crippen LogP contribution in [0, 0.1) is 0 Å². The van der Waals surface area contributed by atoms with Crippen LogP contribution in [0.1, 0.15) is 15.9 Å². The average Bonchev–Trinajstić information content (AvgIpc) is 3.20. The third-order valence-electron chi connectivity index (χ3n) is 4.37. The number of hydrogen-bond donors (Lipinski definition) is 1. The number of aliphatic carboxylic acids is 1. The highest BCUT2D eigenvalue weighted by atomic mass is 35.5. The molecule has 0 aliphatic heterocycles. The van der Waals surface area contributed by atoms with E-state index in [0.717, 1.165) is 22.0 Å². The molecule has 1 heterocycles. The van der Waals surface area contributed by atoms with Crippen molar-refractivity contribution in [1.29, 1.82) is 0 Å². The molecule has 0 atom stereocenters. The van der Waals surface area contributed by atoms with Crippen LogP contribution in [0.5, 0.6) is 0 Å². The van der Waals surface area contributed by atoms with Gasteiger partial charge < -0.3 is 14.9 Å². The first-order chi connectivity index (χ1) is 14.2. The van der Waals surface area contributed by atoms with E-state index in [9.17, 15) is 9.59 Å². The minimum atomic E-state index is -1.05. The summed E-state index contributed by atoms with van der Waals surface area (Å²) in [5, 5.41) is 12.6. The van der Waals surface area contributed by atoms with E-state index in [2.05, 4.69) is 4.98 Å². The fraction of sp³-hybridized carbons (Fsp3) is 0.190. The van der Waals surface area contributed by atoms with Crippen LogP contribution in [0.2, 0.25) is 10.0 Å². The van der Waals surface area contributed by atoms with Gasteiger partial charge >= 0.3 is 5.97 Å². The monoisotopic (exact) mass is 463 g/mol. The number of nitrogens with zero attached hydrogens (tertiary/aromatic N) is 3. The van der Waals surface area contributed by atoms with Crippen LogP contribution in [0.25, 0.3) is 11.3 Å². The van der Waals surface area contributed by atoms with Crippen LogP contribution < -0.4 is 4.90 Å². The molecular formula is C21H19Cl2N3O3S. The third kappa shape index (κ3) is 5.30. The number of carbonyl (C=O) groups excluding carboxylic acids is 1. The lowest BCUT2D eigenvalue weighted by Gasteiger charge is -2.17. The van der Waals surface area contributed by atoms with E-state index in [0.29, 0.717) is 22.2 Å². The highest BCUT2D eigenvalue weighted by Crippen LogP contribution is 2.31. The Morgan fingerprint density at radius 2 is 1.77 bits per heavy atom. The molecule has 0 aliphatic rings. The first-order valence-corrected chi connectivity index (χ1v) is 10.6. The number of likely N-dealkylation sites (N-methyl/N-ethyl adjacent to an activating group) is 1. The topological polar surface area (TPSA) is 73.7 Å². The number of benzene rings is 2. The smallest absolute Gasteiger partial charge is 0.323 e. The SMILES string of the molecule is CN(CC(=O)O)C(=O)c1ccc(CN(C)c2nc(-c3ccc(Cl)c(Cl)c3)cs2)cc1. The van der Waals surface area contributed by atoms with E-state index in [1.54, 1.807) is 24.3 Å². The maximum Gasteiger partial charge on any atom is 0.323 e. The third-order valence-corrected chi connectivity index (χ3v) is 6.07. The van der Waals surface area contributed by atoms with E-state index < -0.39 is 5.97 Å². The normalized spacial score (nSPS) is 10.7. The van der Waals surface area contributed by atoms with Gasteiger partial charge in [0.2, 0.25) is 0 Å². The summed E-state index contributed by atoms with van der Waals surface area (Å²) in [6, 6.07) is 12.5. The molecule has 0 radical (unpaired) electrons. The van der Waals surface area contributed by atoms with Crippen molar-refractivity contribution in [2.24, 2.45) is 0 Å². The molecule has 0 aliphatic carbocycles. The van der Waals surface area contributed by atoms with Gasteiger partial charge in [-0.2, -0.15) is 0 Å². The molecule has 0 saturated heterocycles. The zero-order valence-electron chi connectivity index (χ0n) is 16.3. The zero-order chi connectivity index (χ0) is 21.8. The van der Waals surface area contributed by atoms with Gasteiger partial charge in [-0.3, -0.25) is 9.59 Å². The molecule has 0 saturated carbocycles. The number of carboxylic acid groups (broad SMARTS) is 1. The number of carboxylic acids is 1. The van der Waals surface area contributed by atoms with Gasteiger partial charge in [0.25, 0.3) is 5.91 Å². The Labute approximate surface area is 188 Å². The van der Waals surface area contributed by atoms with Crippen molar-refractivity contribution >= 4 is 51.5 Å². The van der Waals surface area contributed by atoms with Gasteiger partial charge in [-0.05, 0) is 29.8 Å². The van der Waals surface area contributed by atoms with Gasteiger partial charge in [-0.25, -0.2) is 4.98 Å². The number of hydrogen-bond acceptors (Lipinski definition) is 5. The van der Waals surface area contributed by atoms with Crippen LogP contribution in [0.4, 0.5) is 5.13 Å². The Kier molecular flexibility index (Phi) is 6.97. The molecule has 6 nitrogen and oxygen atoms in total. The van der Waals surface area contributed by atoms with Crippen LogP contribution in [0.15, 0.2) is 47.8 Å². The predicted molar refractivity (Wildman–Crippen MR) is 121 cm³/mol. The summed E-state index contributed by atoms with van der Waals surface area (Å²) in [4.78, 5) is 30.9. The second-order valence-electron chi connectivity index (χ2n) is 6.75. The van der Waals surface area contributed by atoms with E-state index in [1.165, 1.54) is 23.3 Å². The van der Waals surface area contributed by atoms with Crippen molar-refractivity contribution in [3.63, 3.8) is 0 Å². The lowest BCUT2D eigenvalue weighted by molar-refractivity contribution is -0.137. The number of rotatable bonds is 7. The molecule has 3 rings (SSSR count). The Balaban J connectivity index is 1.67. The second-order valence-corrected chi connectivity index (χ2v) is 8.40. The van der Waals surface area contributed by atoms with Crippen molar-refractivity contribution in [3.8, 4) is 11.3 Å². The molecule has 156 valence electrons. The fourth-order valence-electron chi connectivity index (χ4n) is 2.82. The minimum absolute atomic E-state index is 0.330. The maximum atomic E-state index is 12.2. The molecular weight excluding hydrogens is 445 g/mol. The van der Waals surface area contributed by atoms with Crippen LogP contribution >= 0.6 is 34.5 Å². The molecule has 2 aromatic carbocycles. The molecule has 3 aromatic rings. The lowest BCUT2D eigenvalue weighted by Crippen LogP contribution is -2.31. The largest absolute Gasteiger partial charge is 0.480 e. The number of aromatic nitrogens is 1. The van der Waals surface area contributed by atoms with E-state index in [1.807, 2.05) is 35.5 Å². The Morgan fingerprint density at radius 1 is 1.07 bits per heavy atom. The van der Waals surface area contributed by atoms with E-state index >= 15 is 0 Å². The Hall–Kier alpha value is -2.61. The first kappa shape index (κ1) is 22.1. The van der Waals surface area contributed by atoms with Crippen molar-refractivity contribution < 1.29 is 14.7 Å². The van der Waals surface area contributed by atoms with Crippen molar-refractivity contribution in [2.45, 2.75) is 6.54 Å². The molecule has 1 aromatic heterocycles. The maximum absolute atomic E-state index is 12.2. The molecule has 1 N–H and O–H groups in total. The Bertz CT molecular complexity index is 1070. The fourth-order valence-corrected chi connectivity index (χ4v) is 3.92. The van der Waals surface area contributed by atoms with E-state index in [-0.39, 0.29) is 12.5 Å². The highest BCUT2D eigenvalue weighted by molar-refractivity contribution is 7.14.